The maximum Gasteiger partial charge on any atom is 0.279 e. The predicted octanol–water partition coefficient (Wildman–Crippen LogP) is 2.69. The van der Waals surface area contributed by atoms with Gasteiger partial charge in [-0.1, -0.05) is 22.5 Å². The zero-order valence-corrected chi connectivity index (χ0v) is 10.3. The lowest BCUT2D eigenvalue weighted by atomic mass is 10.3. The first-order chi connectivity index (χ1) is 8.06. The summed E-state index contributed by atoms with van der Waals surface area (Å²) in [6, 6.07) is 5.36. The molecule has 0 saturated heterocycles. The first-order valence-corrected chi connectivity index (χ1v) is 5.53. The van der Waals surface area contributed by atoms with Gasteiger partial charge in [0.1, 0.15) is 5.52 Å². The van der Waals surface area contributed by atoms with Gasteiger partial charge in [0.05, 0.1) is 6.54 Å². The molecule has 1 aromatic carbocycles. The number of benzene rings is 1. The monoisotopic (exact) mass is 298 g/mol. The van der Waals surface area contributed by atoms with Crippen LogP contribution in [0.15, 0.2) is 39.5 Å². The van der Waals surface area contributed by atoms with Gasteiger partial charge < -0.3 is 9.73 Å². The van der Waals surface area contributed by atoms with Crippen LogP contribution in [0.1, 0.15) is 5.89 Å². The molecule has 1 N–H and O–H groups in total. The van der Waals surface area contributed by atoms with Gasteiger partial charge in [0.25, 0.3) is 5.91 Å². The van der Waals surface area contributed by atoms with Gasteiger partial charge in [0, 0.05) is 4.47 Å². The molecule has 17 heavy (non-hydrogen) atoms. The Kier molecular flexibility index (Phi) is 3.23. The van der Waals surface area contributed by atoms with E-state index < -0.39 is 11.7 Å². The molecule has 2 aromatic rings. The number of carbonyl (C=O) groups is 1. The molecule has 0 aliphatic carbocycles. The van der Waals surface area contributed by atoms with Crippen LogP contribution >= 0.6 is 15.9 Å². The van der Waals surface area contributed by atoms with Gasteiger partial charge in [-0.25, -0.2) is 9.37 Å². The highest BCUT2D eigenvalue weighted by molar-refractivity contribution is 9.10. The molecule has 0 atom stereocenters. The van der Waals surface area contributed by atoms with Crippen LogP contribution in [0.5, 0.6) is 0 Å². The van der Waals surface area contributed by atoms with Crippen molar-refractivity contribution >= 4 is 32.9 Å². The minimum Gasteiger partial charge on any atom is -0.439 e. The van der Waals surface area contributed by atoms with Crippen molar-refractivity contribution in [1.29, 1.82) is 0 Å². The third kappa shape index (κ3) is 2.71. The van der Waals surface area contributed by atoms with E-state index in [1.807, 2.05) is 6.07 Å². The molecule has 1 aromatic heterocycles. The van der Waals surface area contributed by atoms with Gasteiger partial charge in [-0.3, -0.25) is 4.79 Å². The largest absolute Gasteiger partial charge is 0.439 e. The van der Waals surface area contributed by atoms with E-state index in [9.17, 15) is 9.18 Å². The average molecular weight is 299 g/mol. The molecule has 0 aliphatic rings. The molecular weight excluding hydrogens is 291 g/mol. The molecule has 1 amide bonds. The Morgan fingerprint density at radius 2 is 2.35 bits per heavy atom. The number of carbonyl (C=O) groups excluding carboxylic acids is 1. The van der Waals surface area contributed by atoms with E-state index in [1.54, 1.807) is 12.1 Å². The van der Waals surface area contributed by atoms with Crippen LogP contribution in [-0.4, -0.2) is 10.9 Å². The summed E-state index contributed by atoms with van der Waals surface area (Å²) in [5.41, 5.74) is 1.28. The van der Waals surface area contributed by atoms with Gasteiger partial charge in [0.2, 0.25) is 5.89 Å². The normalized spacial score (nSPS) is 10.5. The number of fused-ring (bicyclic) bond motifs is 1. The summed E-state index contributed by atoms with van der Waals surface area (Å²) in [6.07, 6.45) is 0. The Hall–Kier alpha value is -1.69. The van der Waals surface area contributed by atoms with E-state index in [0.29, 0.717) is 17.0 Å². The second-order valence-electron chi connectivity index (χ2n) is 3.31. The van der Waals surface area contributed by atoms with Gasteiger partial charge in [-0.05, 0) is 18.2 Å². The molecule has 0 unspecified atom stereocenters. The summed E-state index contributed by atoms with van der Waals surface area (Å²) in [6.45, 7) is 2.91. The molecule has 0 spiro atoms. The maximum atomic E-state index is 12.4. The number of nitrogens with zero attached hydrogens (tertiary/aromatic N) is 1. The third-order valence-electron chi connectivity index (χ3n) is 2.04. The highest BCUT2D eigenvalue weighted by atomic mass is 79.9. The molecule has 0 bridgehead atoms. The Labute approximate surface area is 105 Å². The second-order valence-corrected chi connectivity index (χ2v) is 4.22. The molecule has 6 heteroatoms. The van der Waals surface area contributed by atoms with E-state index in [-0.39, 0.29) is 6.54 Å². The van der Waals surface area contributed by atoms with Crippen molar-refractivity contribution in [1.82, 2.24) is 10.3 Å². The fourth-order valence-electron chi connectivity index (χ4n) is 1.28. The molecule has 1 heterocycles. The van der Waals surface area contributed by atoms with Crippen LogP contribution < -0.4 is 5.32 Å². The van der Waals surface area contributed by atoms with Gasteiger partial charge in [0.15, 0.2) is 11.4 Å². The van der Waals surface area contributed by atoms with E-state index in [2.05, 4.69) is 32.8 Å². The highest BCUT2D eigenvalue weighted by Crippen LogP contribution is 2.20. The maximum absolute atomic E-state index is 12.4. The van der Waals surface area contributed by atoms with E-state index >= 15 is 0 Å². The SMILES string of the molecule is C=C(F)C(=O)NCc1nc2cc(Br)ccc2o1. The molecule has 0 fully saturated rings. The number of amides is 1. The number of halogens is 2. The number of oxazole rings is 1. The number of aromatic nitrogens is 1. The van der Waals surface area contributed by atoms with Gasteiger partial charge >= 0.3 is 0 Å². The fourth-order valence-corrected chi connectivity index (χ4v) is 1.62. The van der Waals surface area contributed by atoms with Crippen LogP contribution in [0.2, 0.25) is 0 Å². The molecular formula is C11H8BrFN2O2. The minimum absolute atomic E-state index is 0.0219. The number of hydrogen-bond donors (Lipinski definition) is 1. The molecule has 2 rings (SSSR count). The summed E-state index contributed by atoms with van der Waals surface area (Å²) in [5, 5.41) is 2.29. The van der Waals surface area contributed by atoms with Crippen LogP contribution in [0.4, 0.5) is 4.39 Å². The fraction of sp³-hybridized carbons (Fsp3) is 0.0909. The number of hydrogen-bond acceptors (Lipinski definition) is 3. The van der Waals surface area contributed by atoms with Crippen molar-refractivity contribution in [3.8, 4) is 0 Å². The van der Waals surface area contributed by atoms with Crippen molar-refractivity contribution in [2.24, 2.45) is 0 Å². The van der Waals surface area contributed by atoms with Crippen LogP contribution in [0, 0.1) is 0 Å². The molecule has 0 saturated carbocycles. The summed E-state index contributed by atoms with van der Waals surface area (Å²) < 4.78 is 18.6. The topological polar surface area (TPSA) is 55.1 Å². The van der Waals surface area contributed by atoms with Crippen LogP contribution in [0.25, 0.3) is 11.1 Å². The summed E-state index contributed by atoms with van der Waals surface area (Å²) in [4.78, 5) is 15.1. The molecule has 88 valence electrons. The highest BCUT2D eigenvalue weighted by Gasteiger charge is 2.09. The zero-order valence-electron chi connectivity index (χ0n) is 8.67. The summed E-state index contributed by atoms with van der Waals surface area (Å²) in [5.74, 6) is -1.59. The van der Waals surface area contributed by atoms with Crippen LogP contribution in [-0.2, 0) is 11.3 Å². The Bertz CT molecular complexity index is 594. The second kappa shape index (κ2) is 4.67. The van der Waals surface area contributed by atoms with Crippen molar-refractivity contribution in [3.05, 3.63) is 41.0 Å². The van der Waals surface area contributed by atoms with Crippen molar-refractivity contribution < 1.29 is 13.6 Å². The molecule has 0 aliphatic heterocycles. The van der Waals surface area contributed by atoms with Crippen molar-refractivity contribution in [2.45, 2.75) is 6.54 Å². The Morgan fingerprint density at radius 3 is 3.06 bits per heavy atom. The summed E-state index contributed by atoms with van der Waals surface area (Å²) >= 11 is 3.31. The zero-order chi connectivity index (χ0) is 12.4. The van der Waals surface area contributed by atoms with Gasteiger partial charge in [-0.2, -0.15) is 0 Å². The minimum atomic E-state index is -1.04. The first kappa shape index (κ1) is 11.8. The number of rotatable bonds is 3. The molecule has 4 nitrogen and oxygen atoms in total. The lowest BCUT2D eigenvalue weighted by molar-refractivity contribution is -0.119. The van der Waals surface area contributed by atoms with E-state index in [0.717, 1.165) is 4.47 Å². The standard InChI is InChI=1S/C11H8BrFN2O2/c1-6(13)11(16)14-5-10-15-8-4-7(12)2-3-9(8)17-10/h2-4H,1,5H2,(H,14,16). The van der Waals surface area contributed by atoms with Crippen molar-refractivity contribution in [2.75, 3.05) is 0 Å². The quantitative estimate of drug-likeness (QED) is 0.887. The number of nitrogens with one attached hydrogen (secondary N) is 1. The Morgan fingerprint density at radius 1 is 1.59 bits per heavy atom. The Balaban J connectivity index is 2.14. The first-order valence-electron chi connectivity index (χ1n) is 4.74. The van der Waals surface area contributed by atoms with Crippen LogP contribution in [0.3, 0.4) is 0 Å². The smallest absolute Gasteiger partial charge is 0.279 e. The third-order valence-corrected chi connectivity index (χ3v) is 2.53. The lowest BCUT2D eigenvalue weighted by Crippen LogP contribution is -2.22. The molecule has 0 radical (unpaired) electrons. The van der Waals surface area contributed by atoms with Gasteiger partial charge in [-0.15, -0.1) is 0 Å². The van der Waals surface area contributed by atoms with E-state index in [1.165, 1.54) is 0 Å². The van der Waals surface area contributed by atoms with E-state index in [4.69, 9.17) is 4.42 Å². The van der Waals surface area contributed by atoms with Crippen molar-refractivity contribution in [3.63, 3.8) is 0 Å². The average Bonchev–Trinajstić information content (AvgIpc) is 2.67. The summed E-state index contributed by atoms with van der Waals surface area (Å²) in [7, 11) is 0. The lowest BCUT2D eigenvalue weighted by Gasteiger charge is -1.97. The predicted molar refractivity (Wildman–Crippen MR) is 63.8 cm³/mol.